The Hall–Kier alpha value is -2.42. The smallest absolute Gasteiger partial charge is 0.134 e. The molecule has 0 aliphatic heterocycles. The summed E-state index contributed by atoms with van der Waals surface area (Å²) in [6, 6.07) is 15.3. The van der Waals surface area contributed by atoms with E-state index in [1.165, 1.54) is 10.9 Å². The number of aryl methyl sites for hydroxylation is 1. The molecule has 0 amide bonds. The lowest BCUT2D eigenvalue weighted by Crippen LogP contribution is -2.07. The second-order valence-corrected chi connectivity index (χ2v) is 5.21. The monoisotopic (exact) mass is 281 g/mol. The third kappa shape index (κ3) is 2.59. The Morgan fingerprint density at radius 2 is 1.81 bits per heavy atom. The van der Waals surface area contributed by atoms with Crippen molar-refractivity contribution in [1.29, 1.82) is 0 Å². The van der Waals surface area contributed by atoms with E-state index in [0.29, 0.717) is 0 Å². The van der Waals surface area contributed by atoms with Crippen LogP contribution in [0.3, 0.4) is 0 Å². The summed E-state index contributed by atoms with van der Waals surface area (Å²) in [6.45, 7) is 4.23. The number of anilines is 1. The van der Waals surface area contributed by atoms with Crippen LogP contribution in [0.25, 0.3) is 11.0 Å². The molecule has 3 nitrogen and oxygen atoms in total. The summed E-state index contributed by atoms with van der Waals surface area (Å²) in [7, 11) is 0. The van der Waals surface area contributed by atoms with Crippen LogP contribution in [0.5, 0.6) is 5.75 Å². The van der Waals surface area contributed by atoms with Gasteiger partial charge < -0.3 is 14.8 Å². The summed E-state index contributed by atoms with van der Waals surface area (Å²) < 4.78 is 6.04. The van der Waals surface area contributed by atoms with Gasteiger partial charge in [-0.2, -0.15) is 0 Å². The van der Waals surface area contributed by atoms with Gasteiger partial charge in [0.25, 0.3) is 0 Å². The topological polar surface area (TPSA) is 45.4 Å². The molecule has 2 N–H and O–H groups in total. The van der Waals surface area contributed by atoms with Crippen molar-refractivity contribution >= 4 is 16.7 Å². The molecule has 0 spiro atoms. The minimum atomic E-state index is 0.0666. The largest absolute Gasteiger partial charge is 0.508 e. The van der Waals surface area contributed by atoms with E-state index >= 15 is 0 Å². The SMILES string of the molecule is CCc1c(C(C)Nc2ccc(O)cc2)oc2ccccc12. The molecule has 0 saturated carbocycles. The zero-order valence-corrected chi connectivity index (χ0v) is 12.3. The lowest BCUT2D eigenvalue weighted by molar-refractivity contribution is 0.475. The van der Waals surface area contributed by atoms with Crippen LogP contribution in [0, 0.1) is 0 Å². The average Bonchev–Trinajstić information content (AvgIpc) is 2.88. The van der Waals surface area contributed by atoms with Gasteiger partial charge in [-0.1, -0.05) is 25.1 Å². The molecule has 0 fully saturated rings. The molecule has 21 heavy (non-hydrogen) atoms. The number of phenolic OH excluding ortho intramolecular Hbond substituents is 1. The Kier molecular flexibility index (Phi) is 3.57. The lowest BCUT2D eigenvalue weighted by atomic mass is 10.0. The summed E-state index contributed by atoms with van der Waals surface area (Å²) in [5.74, 6) is 1.25. The van der Waals surface area contributed by atoms with Gasteiger partial charge in [0, 0.05) is 16.6 Å². The first-order valence-electron chi connectivity index (χ1n) is 7.25. The number of para-hydroxylation sites is 1. The number of nitrogens with one attached hydrogen (secondary N) is 1. The highest BCUT2D eigenvalue weighted by Gasteiger charge is 2.17. The fourth-order valence-corrected chi connectivity index (χ4v) is 2.71. The fourth-order valence-electron chi connectivity index (χ4n) is 2.71. The number of rotatable bonds is 4. The van der Waals surface area contributed by atoms with E-state index in [1.807, 2.05) is 30.3 Å². The summed E-state index contributed by atoms with van der Waals surface area (Å²) in [5.41, 5.74) is 3.15. The van der Waals surface area contributed by atoms with Crippen molar-refractivity contribution < 1.29 is 9.52 Å². The molecule has 2 aromatic carbocycles. The van der Waals surface area contributed by atoms with Gasteiger partial charge in [-0.25, -0.2) is 0 Å². The van der Waals surface area contributed by atoms with E-state index in [9.17, 15) is 5.11 Å². The number of hydrogen-bond acceptors (Lipinski definition) is 3. The lowest BCUT2D eigenvalue weighted by Gasteiger charge is -2.14. The first kappa shape index (κ1) is 13.6. The van der Waals surface area contributed by atoms with Crippen molar-refractivity contribution in [3.05, 3.63) is 59.9 Å². The third-order valence-corrected chi connectivity index (χ3v) is 3.73. The molecule has 0 radical (unpaired) electrons. The van der Waals surface area contributed by atoms with Crippen LogP contribution >= 0.6 is 0 Å². The molecule has 1 atom stereocenters. The van der Waals surface area contributed by atoms with E-state index in [-0.39, 0.29) is 11.8 Å². The minimum Gasteiger partial charge on any atom is -0.508 e. The molecule has 1 heterocycles. The number of aromatic hydroxyl groups is 1. The fraction of sp³-hybridized carbons (Fsp3) is 0.222. The maximum Gasteiger partial charge on any atom is 0.134 e. The quantitative estimate of drug-likeness (QED) is 0.670. The number of hydrogen-bond donors (Lipinski definition) is 2. The number of fused-ring (bicyclic) bond motifs is 1. The summed E-state index contributed by atoms with van der Waals surface area (Å²) in [6.07, 6.45) is 0.938. The molecule has 0 bridgehead atoms. The Labute approximate surface area is 124 Å². The predicted octanol–water partition coefficient (Wildman–Crippen LogP) is 4.87. The molecular formula is C18H19NO2. The van der Waals surface area contributed by atoms with Crippen molar-refractivity contribution in [1.82, 2.24) is 0 Å². The van der Waals surface area contributed by atoms with Gasteiger partial charge >= 0.3 is 0 Å². The standard InChI is InChI=1S/C18H19NO2/c1-3-15-16-6-4-5-7-17(16)21-18(15)12(2)19-13-8-10-14(20)11-9-13/h4-12,19-20H,3H2,1-2H3. The molecule has 1 unspecified atom stereocenters. The molecule has 0 aliphatic rings. The maximum absolute atomic E-state index is 9.34. The van der Waals surface area contributed by atoms with E-state index in [1.54, 1.807) is 12.1 Å². The second-order valence-electron chi connectivity index (χ2n) is 5.21. The van der Waals surface area contributed by atoms with E-state index in [0.717, 1.165) is 23.5 Å². The normalized spacial score (nSPS) is 12.5. The summed E-state index contributed by atoms with van der Waals surface area (Å²) in [5, 5.41) is 13.9. The van der Waals surface area contributed by atoms with Crippen LogP contribution in [0.4, 0.5) is 5.69 Å². The van der Waals surface area contributed by atoms with Crippen molar-refractivity contribution in [3.63, 3.8) is 0 Å². The average molecular weight is 281 g/mol. The zero-order chi connectivity index (χ0) is 14.8. The van der Waals surface area contributed by atoms with Gasteiger partial charge in [0.15, 0.2) is 0 Å². The van der Waals surface area contributed by atoms with E-state index in [4.69, 9.17) is 4.42 Å². The Balaban J connectivity index is 1.93. The molecule has 0 saturated heterocycles. The summed E-state index contributed by atoms with van der Waals surface area (Å²) >= 11 is 0. The van der Waals surface area contributed by atoms with Crippen LogP contribution < -0.4 is 5.32 Å². The predicted molar refractivity (Wildman–Crippen MR) is 85.7 cm³/mol. The first-order valence-corrected chi connectivity index (χ1v) is 7.25. The van der Waals surface area contributed by atoms with Gasteiger partial charge in [0.05, 0.1) is 6.04 Å². The molecule has 3 aromatic rings. The highest BCUT2D eigenvalue weighted by molar-refractivity contribution is 5.82. The van der Waals surface area contributed by atoms with Crippen LogP contribution in [0.2, 0.25) is 0 Å². The zero-order valence-electron chi connectivity index (χ0n) is 12.3. The van der Waals surface area contributed by atoms with Gasteiger partial charge in [-0.15, -0.1) is 0 Å². The van der Waals surface area contributed by atoms with Gasteiger partial charge in [-0.05, 0) is 43.7 Å². The second kappa shape index (κ2) is 5.52. The highest BCUT2D eigenvalue weighted by atomic mass is 16.3. The molecule has 3 heteroatoms. The van der Waals surface area contributed by atoms with Crippen LogP contribution in [-0.2, 0) is 6.42 Å². The molecule has 108 valence electrons. The van der Waals surface area contributed by atoms with Crippen molar-refractivity contribution in [3.8, 4) is 5.75 Å². The molecule has 3 rings (SSSR count). The van der Waals surface area contributed by atoms with Crippen molar-refractivity contribution in [2.45, 2.75) is 26.3 Å². The first-order chi connectivity index (χ1) is 10.2. The number of benzene rings is 2. The van der Waals surface area contributed by atoms with Crippen molar-refractivity contribution in [2.75, 3.05) is 5.32 Å². The molecule has 1 aromatic heterocycles. The van der Waals surface area contributed by atoms with Gasteiger partial charge in [0.2, 0.25) is 0 Å². The molecule has 0 aliphatic carbocycles. The van der Waals surface area contributed by atoms with Crippen molar-refractivity contribution in [2.24, 2.45) is 0 Å². The Bertz CT molecular complexity index is 744. The van der Waals surface area contributed by atoms with Crippen LogP contribution in [0.15, 0.2) is 52.9 Å². The van der Waals surface area contributed by atoms with Crippen LogP contribution in [-0.4, -0.2) is 5.11 Å². The highest BCUT2D eigenvalue weighted by Crippen LogP contribution is 2.32. The minimum absolute atomic E-state index is 0.0666. The summed E-state index contributed by atoms with van der Waals surface area (Å²) in [4.78, 5) is 0. The molecular weight excluding hydrogens is 262 g/mol. The number of phenols is 1. The van der Waals surface area contributed by atoms with Crippen LogP contribution in [0.1, 0.15) is 31.2 Å². The Morgan fingerprint density at radius 1 is 1.10 bits per heavy atom. The Morgan fingerprint density at radius 3 is 2.52 bits per heavy atom. The van der Waals surface area contributed by atoms with E-state index < -0.39 is 0 Å². The maximum atomic E-state index is 9.34. The third-order valence-electron chi connectivity index (χ3n) is 3.73. The van der Waals surface area contributed by atoms with Gasteiger partial charge in [-0.3, -0.25) is 0 Å². The van der Waals surface area contributed by atoms with Gasteiger partial charge in [0.1, 0.15) is 17.1 Å². The van der Waals surface area contributed by atoms with E-state index in [2.05, 4.69) is 25.2 Å². The number of furan rings is 1.